The van der Waals surface area contributed by atoms with Gasteiger partial charge in [-0.15, -0.1) is 11.3 Å². The molecule has 1 fully saturated rings. The maximum Gasteiger partial charge on any atom is 0.244 e. The van der Waals surface area contributed by atoms with Crippen LogP contribution in [0.5, 0.6) is 0 Å². The Kier molecular flexibility index (Phi) is 6.24. The van der Waals surface area contributed by atoms with E-state index in [-0.39, 0.29) is 11.8 Å². The number of carbonyl (C=O) groups is 2. The smallest absolute Gasteiger partial charge is 0.244 e. The molecule has 2 amide bonds. The fraction of sp³-hybridized carbons (Fsp3) is 0.238. The molecule has 5 heteroatoms. The topological polar surface area (TPSA) is 49.4 Å². The second-order valence-corrected chi connectivity index (χ2v) is 6.90. The Morgan fingerprint density at radius 2 is 2.08 bits per heavy atom. The molecule has 26 heavy (non-hydrogen) atoms. The van der Waals surface area contributed by atoms with E-state index < -0.39 is 0 Å². The number of amides is 2. The van der Waals surface area contributed by atoms with Crippen molar-refractivity contribution in [2.75, 3.05) is 18.0 Å². The number of hydrogen-bond donors (Lipinski definition) is 1. The van der Waals surface area contributed by atoms with Gasteiger partial charge in [0.1, 0.15) is 0 Å². The van der Waals surface area contributed by atoms with Gasteiger partial charge in [0.15, 0.2) is 0 Å². The first-order valence-corrected chi connectivity index (χ1v) is 9.49. The van der Waals surface area contributed by atoms with Crippen molar-refractivity contribution in [3.63, 3.8) is 0 Å². The SMILES string of the molecule is O=C(/C=C/c1cccs1)NCC#Cc1ccc(N2CCCCC2=O)cc1. The summed E-state index contributed by atoms with van der Waals surface area (Å²) in [7, 11) is 0. The van der Waals surface area contributed by atoms with Crippen molar-refractivity contribution >= 4 is 34.9 Å². The van der Waals surface area contributed by atoms with E-state index in [9.17, 15) is 9.59 Å². The Hall–Kier alpha value is -2.84. The quantitative estimate of drug-likeness (QED) is 0.667. The molecular formula is C21H20N2O2S. The third kappa shape index (κ3) is 5.08. The van der Waals surface area contributed by atoms with E-state index in [1.165, 1.54) is 6.08 Å². The van der Waals surface area contributed by atoms with Gasteiger partial charge in [-0.2, -0.15) is 0 Å². The highest BCUT2D eigenvalue weighted by Crippen LogP contribution is 2.21. The second kappa shape index (κ2) is 9.02. The molecule has 1 saturated heterocycles. The normalized spacial score (nSPS) is 14.2. The lowest BCUT2D eigenvalue weighted by atomic mass is 10.1. The van der Waals surface area contributed by atoms with Crippen LogP contribution in [0.3, 0.4) is 0 Å². The van der Waals surface area contributed by atoms with Gasteiger partial charge in [0.2, 0.25) is 11.8 Å². The number of rotatable bonds is 4. The predicted molar refractivity (Wildman–Crippen MR) is 106 cm³/mol. The molecule has 1 N–H and O–H groups in total. The highest BCUT2D eigenvalue weighted by Gasteiger charge is 2.19. The van der Waals surface area contributed by atoms with Crippen LogP contribution < -0.4 is 10.2 Å². The van der Waals surface area contributed by atoms with Gasteiger partial charge in [-0.3, -0.25) is 9.59 Å². The second-order valence-electron chi connectivity index (χ2n) is 5.92. The highest BCUT2D eigenvalue weighted by molar-refractivity contribution is 7.10. The van der Waals surface area contributed by atoms with Gasteiger partial charge in [0, 0.05) is 35.2 Å². The summed E-state index contributed by atoms with van der Waals surface area (Å²) in [5.74, 6) is 5.99. The van der Waals surface area contributed by atoms with Crippen LogP contribution in [-0.2, 0) is 9.59 Å². The molecule has 1 aliphatic rings. The van der Waals surface area contributed by atoms with Crippen molar-refractivity contribution in [3.05, 3.63) is 58.3 Å². The number of thiophene rings is 1. The van der Waals surface area contributed by atoms with Crippen molar-refractivity contribution in [3.8, 4) is 11.8 Å². The van der Waals surface area contributed by atoms with E-state index in [0.717, 1.165) is 35.5 Å². The van der Waals surface area contributed by atoms with Crippen LogP contribution in [0.2, 0.25) is 0 Å². The molecule has 0 radical (unpaired) electrons. The third-order valence-corrected chi connectivity index (χ3v) is 4.87. The molecule has 0 aliphatic carbocycles. The van der Waals surface area contributed by atoms with Crippen molar-refractivity contribution in [2.24, 2.45) is 0 Å². The van der Waals surface area contributed by atoms with Crippen molar-refractivity contribution in [2.45, 2.75) is 19.3 Å². The lowest BCUT2D eigenvalue weighted by Crippen LogP contribution is -2.35. The van der Waals surface area contributed by atoms with E-state index in [1.807, 2.05) is 46.7 Å². The molecule has 2 heterocycles. The van der Waals surface area contributed by atoms with Crippen LogP contribution in [0.15, 0.2) is 47.9 Å². The zero-order valence-electron chi connectivity index (χ0n) is 14.4. The molecular weight excluding hydrogens is 344 g/mol. The summed E-state index contributed by atoms with van der Waals surface area (Å²) in [5.41, 5.74) is 1.79. The Morgan fingerprint density at radius 1 is 1.23 bits per heavy atom. The largest absolute Gasteiger partial charge is 0.342 e. The molecule has 3 rings (SSSR count). The molecule has 0 bridgehead atoms. The zero-order valence-corrected chi connectivity index (χ0v) is 15.2. The number of hydrogen-bond acceptors (Lipinski definition) is 3. The molecule has 0 atom stereocenters. The number of piperidine rings is 1. The van der Waals surface area contributed by atoms with Crippen molar-refractivity contribution < 1.29 is 9.59 Å². The molecule has 1 aliphatic heterocycles. The van der Waals surface area contributed by atoms with E-state index in [0.29, 0.717) is 13.0 Å². The van der Waals surface area contributed by atoms with Gasteiger partial charge in [-0.1, -0.05) is 17.9 Å². The number of benzene rings is 1. The Bertz CT molecular complexity index is 842. The summed E-state index contributed by atoms with van der Waals surface area (Å²) in [6, 6.07) is 11.6. The highest BCUT2D eigenvalue weighted by atomic mass is 32.1. The van der Waals surface area contributed by atoms with Gasteiger partial charge in [0.25, 0.3) is 0 Å². The van der Waals surface area contributed by atoms with Crippen LogP contribution in [0, 0.1) is 11.8 Å². The number of nitrogens with zero attached hydrogens (tertiary/aromatic N) is 1. The summed E-state index contributed by atoms with van der Waals surface area (Å²) in [6.07, 6.45) is 5.95. The molecule has 0 spiro atoms. The standard InChI is InChI=1S/C21H20N2O2S/c24-20(13-12-19-6-4-16-26-19)22-14-3-5-17-8-10-18(11-9-17)23-15-2-1-7-21(23)25/h4,6,8-13,16H,1-2,7,14-15H2,(H,22,24)/b13-12+. The molecule has 1 aromatic heterocycles. The first kappa shape index (κ1) is 18.0. The summed E-state index contributed by atoms with van der Waals surface area (Å²) >= 11 is 1.58. The fourth-order valence-electron chi connectivity index (χ4n) is 2.68. The number of anilines is 1. The van der Waals surface area contributed by atoms with Crippen LogP contribution in [0.1, 0.15) is 29.7 Å². The van der Waals surface area contributed by atoms with E-state index >= 15 is 0 Å². The monoisotopic (exact) mass is 364 g/mol. The van der Waals surface area contributed by atoms with Gasteiger partial charge in [0.05, 0.1) is 6.54 Å². The Morgan fingerprint density at radius 3 is 2.81 bits per heavy atom. The van der Waals surface area contributed by atoms with Gasteiger partial charge in [-0.05, 0) is 54.6 Å². The number of nitrogens with one attached hydrogen (secondary N) is 1. The van der Waals surface area contributed by atoms with Gasteiger partial charge >= 0.3 is 0 Å². The minimum absolute atomic E-state index is 0.161. The van der Waals surface area contributed by atoms with Gasteiger partial charge in [-0.25, -0.2) is 0 Å². The third-order valence-electron chi connectivity index (χ3n) is 4.03. The average molecular weight is 364 g/mol. The van der Waals surface area contributed by atoms with E-state index in [2.05, 4.69) is 17.2 Å². The average Bonchev–Trinajstić information content (AvgIpc) is 3.18. The van der Waals surface area contributed by atoms with Crippen molar-refractivity contribution in [1.82, 2.24) is 5.32 Å². The van der Waals surface area contributed by atoms with Gasteiger partial charge < -0.3 is 10.2 Å². The molecule has 132 valence electrons. The predicted octanol–water partition coefficient (Wildman–Crippen LogP) is 3.45. The molecule has 1 aromatic carbocycles. The first-order chi connectivity index (χ1) is 12.7. The summed E-state index contributed by atoms with van der Waals surface area (Å²) in [4.78, 5) is 26.5. The Labute approximate surface area is 157 Å². The number of carbonyl (C=O) groups excluding carboxylic acids is 2. The molecule has 0 unspecified atom stereocenters. The minimum Gasteiger partial charge on any atom is -0.342 e. The summed E-state index contributed by atoms with van der Waals surface area (Å²) < 4.78 is 0. The van der Waals surface area contributed by atoms with Crippen LogP contribution in [-0.4, -0.2) is 24.9 Å². The molecule has 2 aromatic rings. The Balaban J connectivity index is 1.49. The maximum absolute atomic E-state index is 11.9. The first-order valence-electron chi connectivity index (χ1n) is 8.61. The van der Waals surface area contributed by atoms with E-state index in [1.54, 1.807) is 17.4 Å². The summed E-state index contributed by atoms with van der Waals surface area (Å²) in [5, 5.41) is 4.70. The maximum atomic E-state index is 11.9. The summed E-state index contributed by atoms with van der Waals surface area (Å²) in [6.45, 7) is 1.08. The van der Waals surface area contributed by atoms with Crippen LogP contribution >= 0.6 is 11.3 Å². The van der Waals surface area contributed by atoms with E-state index in [4.69, 9.17) is 0 Å². The fourth-order valence-corrected chi connectivity index (χ4v) is 3.30. The molecule has 0 saturated carbocycles. The van der Waals surface area contributed by atoms with Crippen LogP contribution in [0.4, 0.5) is 5.69 Å². The molecule has 4 nitrogen and oxygen atoms in total. The minimum atomic E-state index is -0.161. The van der Waals surface area contributed by atoms with Crippen LogP contribution in [0.25, 0.3) is 6.08 Å². The lowest BCUT2D eigenvalue weighted by Gasteiger charge is -2.26. The zero-order chi connectivity index (χ0) is 18.2. The van der Waals surface area contributed by atoms with Crippen molar-refractivity contribution in [1.29, 1.82) is 0 Å². The lowest BCUT2D eigenvalue weighted by molar-refractivity contribution is -0.119.